The Kier molecular flexibility index (Phi) is 8.06. The molecule has 1 aromatic rings. The van der Waals surface area contributed by atoms with Crippen molar-refractivity contribution in [1.82, 2.24) is 9.80 Å². The molecule has 2 amide bonds. The van der Waals surface area contributed by atoms with Crippen molar-refractivity contribution in [3.8, 4) is 11.5 Å². The molecule has 0 saturated carbocycles. The summed E-state index contributed by atoms with van der Waals surface area (Å²) in [5.41, 5.74) is 0.929. The second-order valence-electron chi connectivity index (χ2n) is 8.96. The number of halogens is 1. The summed E-state index contributed by atoms with van der Waals surface area (Å²) in [7, 11) is 0. The van der Waals surface area contributed by atoms with Crippen LogP contribution in [0.25, 0.3) is 0 Å². The maximum Gasteiger partial charge on any atom is 0.233 e. The van der Waals surface area contributed by atoms with Gasteiger partial charge in [0, 0.05) is 32.7 Å². The Balaban J connectivity index is 0.00000289. The van der Waals surface area contributed by atoms with E-state index in [-0.39, 0.29) is 47.9 Å². The lowest BCUT2D eigenvalue weighted by Gasteiger charge is -2.37. The minimum absolute atomic E-state index is 0. The van der Waals surface area contributed by atoms with Crippen LogP contribution in [0, 0.1) is 11.8 Å². The Morgan fingerprint density at radius 3 is 2.22 bits per heavy atom. The van der Waals surface area contributed by atoms with Crippen molar-refractivity contribution in [2.24, 2.45) is 11.8 Å². The summed E-state index contributed by atoms with van der Waals surface area (Å²) in [6.45, 7) is 8.77. The van der Waals surface area contributed by atoms with Crippen molar-refractivity contribution in [2.45, 2.75) is 39.2 Å². The van der Waals surface area contributed by atoms with Crippen molar-refractivity contribution < 1.29 is 19.4 Å². The fraction of sp³-hybridized carbons (Fsp3) is 0.583. The molecule has 0 bridgehead atoms. The first-order valence-corrected chi connectivity index (χ1v) is 11.4. The Labute approximate surface area is 196 Å². The molecular formula is C24H34ClN3O4. The number of hydrogen-bond donors (Lipinski definition) is 1. The molecule has 7 nitrogen and oxygen atoms in total. The zero-order chi connectivity index (χ0) is 22.0. The van der Waals surface area contributed by atoms with Gasteiger partial charge in [-0.25, -0.2) is 0 Å². The highest BCUT2D eigenvalue weighted by Crippen LogP contribution is 2.38. The number of rotatable bonds is 7. The summed E-state index contributed by atoms with van der Waals surface area (Å²) >= 11 is 0. The normalized spacial score (nSPS) is 23.5. The van der Waals surface area contributed by atoms with Crippen molar-refractivity contribution in [3.63, 3.8) is 0 Å². The van der Waals surface area contributed by atoms with Gasteiger partial charge in [-0.05, 0) is 51.8 Å². The summed E-state index contributed by atoms with van der Waals surface area (Å²) in [5, 5.41) is 10.2. The molecule has 2 atom stereocenters. The molecule has 3 aliphatic rings. The third-order valence-corrected chi connectivity index (χ3v) is 6.49. The zero-order valence-electron chi connectivity index (χ0n) is 18.9. The predicted octanol–water partition coefficient (Wildman–Crippen LogP) is 3.06. The number of likely N-dealkylation sites (tertiary alicyclic amines) is 1. The van der Waals surface area contributed by atoms with Crippen LogP contribution in [0.2, 0.25) is 0 Å². The number of para-hydroxylation sites is 1. The van der Waals surface area contributed by atoms with E-state index in [4.69, 9.17) is 4.74 Å². The lowest BCUT2D eigenvalue weighted by atomic mass is 9.85. The molecule has 8 heteroatoms. The number of phenols is 1. The Bertz CT molecular complexity index is 826. The van der Waals surface area contributed by atoms with Crippen molar-refractivity contribution >= 4 is 29.9 Å². The number of amides is 2. The number of allylic oxidation sites excluding steroid dienone is 2. The first-order chi connectivity index (χ1) is 15.0. The monoisotopic (exact) mass is 463 g/mol. The van der Waals surface area contributed by atoms with Gasteiger partial charge in [0.2, 0.25) is 11.8 Å². The summed E-state index contributed by atoms with van der Waals surface area (Å²) in [4.78, 5) is 31.3. The lowest BCUT2D eigenvalue weighted by molar-refractivity contribution is -0.140. The largest absolute Gasteiger partial charge is 0.504 e. The highest BCUT2D eigenvalue weighted by Gasteiger charge is 2.46. The standard InChI is InChI=1S/C24H33N3O4.ClH/c1-17(2)31-22-20(9-5-10-21(22)28)26-15-13-25(14-16-26)11-6-12-27-23(29)18-7-3-4-8-19(18)24(27)30;/h3-5,9-10,17-19,28H,6-8,11-16H2,1-2H3;1H. The van der Waals surface area contributed by atoms with Gasteiger partial charge in [0.15, 0.2) is 11.5 Å². The number of phenolic OH excluding ortho intramolecular Hbond substituents is 1. The average molecular weight is 464 g/mol. The Morgan fingerprint density at radius 1 is 1.00 bits per heavy atom. The van der Waals surface area contributed by atoms with Crippen LogP contribution in [0.5, 0.6) is 11.5 Å². The molecular weight excluding hydrogens is 430 g/mol. The number of piperazine rings is 1. The van der Waals surface area contributed by atoms with Crippen LogP contribution >= 0.6 is 12.4 Å². The number of ether oxygens (including phenoxy) is 1. The number of carbonyl (C=O) groups excluding carboxylic acids is 2. The molecule has 1 aliphatic carbocycles. The van der Waals surface area contributed by atoms with Gasteiger partial charge in [-0.2, -0.15) is 0 Å². The molecule has 2 aliphatic heterocycles. The maximum absolute atomic E-state index is 12.6. The van der Waals surface area contributed by atoms with E-state index in [1.807, 2.05) is 38.1 Å². The molecule has 2 fully saturated rings. The van der Waals surface area contributed by atoms with Crippen LogP contribution in [0.1, 0.15) is 33.1 Å². The fourth-order valence-corrected chi connectivity index (χ4v) is 4.87. The van der Waals surface area contributed by atoms with Gasteiger partial charge < -0.3 is 14.7 Å². The maximum atomic E-state index is 12.6. The minimum Gasteiger partial charge on any atom is -0.504 e. The van der Waals surface area contributed by atoms with Gasteiger partial charge in [0.1, 0.15) is 0 Å². The van der Waals surface area contributed by atoms with Crippen LogP contribution in [0.3, 0.4) is 0 Å². The second-order valence-corrected chi connectivity index (χ2v) is 8.96. The number of fused-ring (bicyclic) bond motifs is 1. The van der Waals surface area contributed by atoms with E-state index in [0.29, 0.717) is 25.1 Å². The number of benzene rings is 1. The third kappa shape index (κ3) is 5.04. The SMILES string of the molecule is CC(C)Oc1c(O)cccc1N1CCN(CCCN2C(=O)C3CC=CCC3C2=O)CC1.Cl. The summed E-state index contributed by atoms with van der Waals surface area (Å²) in [5.74, 6) is 0.491. The smallest absolute Gasteiger partial charge is 0.233 e. The number of imide groups is 1. The number of aromatic hydroxyl groups is 1. The van der Waals surface area contributed by atoms with Crippen molar-refractivity contribution in [3.05, 3.63) is 30.4 Å². The molecule has 0 radical (unpaired) electrons. The van der Waals surface area contributed by atoms with E-state index in [9.17, 15) is 14.7 Å². The molecule has 0 spiro atoms. The lowest BCUT2D eigenvalue weighted by Crippen LogP contribution is -2.47. The quantitative estimate of drug-likeness (QED) is 0.495. The van der Waals surface area contributed by atoms with E-state index < -0.39 is 0 Å². The Hall–Kier alpha value is -2.25. The second kappa shape index (κ2) is 10.6. The van der Waals surface area contributed by atoms with Gasteiger partial charge in [-0.3, -0.25) is 19.4 Å². The number of anilines is 1. The molecule has 32 heavy (non-hydrogen) atoms. The predicted molar refractivity (Wildman–Crippen MR) is 126 cm³/mol. The van der Waals surface area contributed by atoms with E-state index in [1.165, 1.54) is 4.90 Å². The minimum atomic E-state index is -0.134. The summed E-state index contributed by atoms with van der Waals surface area (Å²) in [6.07, 6.45) is 6.25. The third-order valence-electron chi connectivity index (χ3n) is 6.49. The van der Waals surface area contributed by atoms with E-state index in [0.717, 1.165) is 44.8 Å². The average Bonchev–Trinajstić information content (AvgIpc) is 3.00. The van der Waals surface area contributed by atoms with Gasteiger partial charge >= 0.3 is 0 Å². The van der Waals surface area contributed by atoms with Crippen molar-refractivity contribution in [1.29, 1.82) is 0 Å². The topological polar surface area (TPSA) is 73.3 Å². The van der Waals surface area contributed by atoms with Gasteiger partial charge in [-0.1, -0.05) is 18.2 Å². The van der Waals surface area contributed by atoms with Gasteiger partial charge in [0.25, 0.3) is 0 Å². The highest BCUT2D eigenvalue weighted by atomic mass is 35.5. The summed E-state index contributed by atoms with van der Waals surface area (Å²) in [6, 6.07) is 5.50. The molecule has 0 aromatic heterocycles. The van der Waals surface area contributed by atoms with Crippen LogP contribution in [0.4, 0.5) is 5.69 Å². The molecule has 2 unspecified atom stereocenters. The molecule has 1 aromatic carbocycles. The zero-order valence-corrected chi connectivity index (χ0v) is 19.7. The van der Waals surface area contributed by atoms with Gasteiger partial charge in [0.05, 0.1) is 23.6 Å². The van der Waals surface area contributed by atoms with Crippen LogP contribution in [-0.4, -0.2) is 72.1 Å². The fourth-order valence-electron chi connectivity index (χ4n) is 4.87. The Morgan fingerprint density at radius 2 is 1.62 bits per heavy atom. The molecule has 176 valence electrons. The molecule has 1 N–H and O–H groups in total. The molecule has 4 rings (SSSR count). The first-order valence-electron chi connectivity index (χ1n) is 11.4. The molecule has 2 saturated heterocycles. The van der Waals surface area contributed by atoms with E-state index in [1.54, 1.807) is 6.07 Å². The first kappa shape index (κ1) is 24.4. The van der Waals surface area contributed by atoms with Crippen LogP contribution < -0.4 is 9.64 Å². The number of carbonyl (C=O) groups is 2. The van der Waals surface area contributed by atoms with E-state index >= 15 is 0 Å². The number of nitrogens with zero attached hydrogens (tertiary/aromatic N) is 3. The highest BCUT2D eigenvalue weighted by molar-refractivity contribution is 6.05. The van der Waals surface area contributed by atoms with Crippen LogP contribution in [-0.2, 0) is 9.59 Å². The summed E-state index contributed by atoms with van der Waals surface area (Å²) < 4.78 is 5.86. The van der Waals surface area contributed by atoms with Crippen molar-refractivity contribution in [2.75, 3.05) is 44.2 Å². The van der Waals surface area contributed by atoms with Gasteiger partial charge in [-0.15, -0.1) is 12.4 Å². The molecule has 2 heterocycles. The van der Waals surface area contributed by atoms with Crippen LogP contribution in [0.15, 0.2) is 30.4 Å². The number of hydrogen-bond acceptors (Lipinski definition) is 6. The van der Waals surface area contributed by atoms with E-state index in [2.05, 4.69) is 9.80 Å².